The Labute approximate surface area is 126 Å². The number of ether oxygens (including phenoxy) is 1. The zero-order valence-corrected chi connectivity index (χ0v) is 12.0. The van der Waals surface area contributed by atoms with Crippen molar-refractivity contribution >= 4 is 10.9 Å². The molecule has 0 unspecified atom stereocenters. The molecule has 112 valence electrons. The van der Waals surface area contributed by atoms with Gasteiger partial charge in [0.2, 0.25) is 5.75 Å². The molecule has 0 amide bonds. The van der Waals surface area contributed by atoms with Gasteiger partial charge in [-0.05, 0) is 17.7 Å². The van der Waals surface area contributed by atoms with E-state index in [0.717, 1.165) is 5.56 Å². The van der Waals surface area contributed by atoms with Gasteiger partial charge in [0, 0.05) is 18.5 Å². The molecule has 0 radical (unpaired) electrons. The number of nitrogens with zero attached hydrogens (tertiary/aromatic N) is 1. The average Bonchev–Trinajstić information content (AvgIpc) is 2.54. The van der Waals surface area contributed by atoms with Crippen LogP contribution in [0.2, 0.25) is 0 Å². The van der Waals surface area contributed by atoms with Gasteiger partial charge in [-0.1, -0.05) is 30.3 Å². The smallest absolute Gasteiger partial charge is 0.296 e. The maximum atomic E-state index is 12.1. The van der Waals surface area contributed by atoms with Crippen molar-refractivity contribution in [2.75, 3.05) is 0 Å². The summed E-state index contributed by atoms with van der Waals surface area (Å²) in [5.41, 5.74) is 0.849. The highest BCUT2D eigenvalue weighted by Crippen LogP contribution is 2.33. The Hall–Kier alpha value is -2.95. The van der Waals surface area contributed by atoms with Crippen molar-refractivity contribution < 1.29 is 14.9 Å². The first-order valence-corrected chi connectivity index (χ1v) is 6.79. The van der Waals surface area contributed by atoms with Gasteiger partial charge in [0.25, 0.3) is 5.56 Å². The van der Waals surface area contributed by atoms with Crippen LogP contribution in [-0.2, 0) is 13.7 Å². The molecule has 5 nitrogen and oxygen atoms in total. The quantitative estimate of drug-likeness (QED) is 0.779. The maximum absolute atomic E-state index is 12.1. The summed E-state index contributed by atoms with van der Waals surface area (Å²) >= 11 is 0. The van der Waals surface area contributed by atoms with E-state index in [-0.39, 0.29) is 18.1 Å². The van der Waals surface area contributed by atoms with E-state index in [1.165, 1.54) is 23.7 Å². The summed E-state index contributed by atoms with van der Waals surface area (Å²) in [6.45, 7) is 0.234. The van der Waals surface area contributed by atoms with Crippen LogP contribution in [0.5, 0.6) is 17.2 Å². The van der Waals surface area contributed by atoms with Crippen molar-refractivity contribution in [2.45, 2.75) is 6.61 Å². The summed E-state index contributed by atoms with van der Waals surface area (Å²) in [5, 5.41) is 20.3. The van der Waals surface area contributed by atoms with Crippen LogP contribution >= 0.6 is 0 Å². The van der Waals surface area contributed by atoms with Crippen LogP contribution in [0.15, 0.2) is 53.3 Å². The van der Waals surface area contributed by atoms with Crippen molar-refractivity contribution in [1.29, 1.82) is 0 Å². The second-order valence-corrected chi connectivity index (χ2v) is 5.02. The molecule has 3 rings (SSSR count). The molecule has 0 saturated heterocycles. The van der Waals surface area contributed by atoms with E-state index in [4.69, 9.17) is 4.74 Å². The normalized spacial score (nSPS) is 10.8. The third-order valence-electron chi connectivity index (χ3n) is 3.54. The van der Waals surface area contributed by atoms with Crippen molar-refractivity contribution in [3.8, 4) is 17.2 Å². The zero-order chi connectivity index (χ0) is 15.7. The lowest BCUT2D eigenvalue weighted by Crippen LogP contribution is -2.17. The Morgan fingerprint density at radius 3 is 2.55 bits per heavy atom. The lowest BCUT2D eigenvalue weighted by molar-refractivity contribution is 0.290. The van der Waals surface area contributed by atoms with Gasteiger partial charge in [-0.3, -0.25) is 4.79 Å². The molecule has 1 aromatic heterocycles. The molecule has 0 aliphatic heterocycles. The van der Waals surface area contributed by atoms with Crippen molar-refractivity contribution in [1.82, 2.24) is 4.57 Å². The van der Waals surface area contributed by atoms with Crippen LogP contribution in [0.4, 0.5) is 0 Å². The van der Waals surface area contributed by atoms with Gasteiger partial charge in [-0.2, -0.15) is 0 Å². The van der Waals surface area contributed by atoms with Crippen LogP contribution in [-0.4, -0.2) is 14.8 Å². The second-order valence-electron chi connectivity index (χ2n) is 5.02. The first-order chi connectivity index (χ1) is 10.6. The third-order valence-corrected chi connectivity index (χ3v) is 3.54. The first kappa shape index (κ1) is 14.0. The average molecular weight is 297 g/mol. The van der Waals surface area contributed by atoms with Crippen molar-refractivity contribution in [2.24, 2.45) is 7.05 Å². The van der Waals surface area contributed by atoms with Gasteiger partial charge in [-0.25, -0.2) is 0 Å². The topological polar surface area (TPSA) is 71.7 Å². The first-order valence-electron chi connectivity index (χ1n) is 6.79. The fourth-order valence-corrected chi connectivity index (χ4v) is 2.36. The summed E-state index contributed by atoms with van der Waals surface area (Å²) < 4.78 is 6.94. The number of aromatic hydroxyl groups is 2. The van der Waals surface area contributed by atoms with Crippen molar-refractivity contribution in [3.05, 3.63) is 64.4 Å². The molecule has 0 aliphatic rings. The molecule has 0 spiro atoms. The van der Waals surface area contributed by atoms with Crippen molar-refractivity contribution in [3.63, 3.8) is 0 Å². The van der Waals surface area contributed by atoms with E-state index in [1.54, 1.807) is 6.07 Å². The highest BCUT2D eigenvalue weighted by molar-refractivity contribution is 5.88. The number of aromatic nitrogens is 1. The minimum atomic E-state index is -0.568. The minimum Gasteiger partial charge on any atom is -0.508 e. The summed E-state index contributed by atoms with van der Waals surface area (Å²) in [6.07, 6.45) is 0. The molecule has 0 atom stereocenters. The van der Waals surface area contributed by atoms with E-state index in [0.29, 0.717) is 10.9 Å². The second kappa shape index (κ2) is 5.44. The fourth-order valence-electron chi connectivity index (χ4n) is 2.36. The lowest BCUT2D eigenvalue weighted by atomic mass is 10.1. The summed E-state index contributed by atoms with van der Waals surface area (Å²) in [5.74, 6) is -0.263. The van der Waals surface area contributed by atoms with Gasteiger partial charge >= 0.3 is 0 Å². The number of hydrogen-bond acceptors (Lipinski definition) is 4. The molecule has 3 aromatic rings. The molecule has 2 aromatic carbocycles. The number of phenolic OH excluding ortho intramolecular Hbond substituents is 1. The zero-order valence-electron chi connectivity index (χ0n) is 12.0. The van der Waals surface area contributed by atoms with Gasteiger partial charge in [-0.15, -0.1) is 0 Å². The predicted molar refractivity (Wildman–Crippen MR) is 83.3 cm³/mol. The molecule has 0 bridgehead atoms. The van der Waals surface area contributed by atoms with Crippen LogP contribution in [0.1, 0.15) is 5.56 Å². The SMILES string of the molecule is Cn1c(=O)c(O)c(OCc2ccccc2)c2ccc(O)cc21. The molecule has 2 N–H and O–H groups in total. The number of pyridine rings is 1. The number of hydrogen-bond donors (Lipinski definition) is 2. The Balaban J connectivity index is 2.10. The lowest BCUT2D eigenvalue weighted by Gasteiger charge is -2.13. The summed E-state index contributed by atoms with van der Waals surface area (Å²) in [6, 6.07) is 14.0. The molecule has 0 aliphatic carbocycles. The van der Waals surface area contributed by atoms with E-state index in [9.17, 15) is 15.0 Å². The molecule has 0 fully saturated rings. The number of fused-ring (bicyclic) bond motifs is 1. The molecular formula is C17H15NO4. The largest absolute Gasteiger partial charge is 0.508 e. The Kier molecular flexibility index (Phi) is 3.47. The molecule has 1 heterocycles. The number of rotatable bonds is 3. The minimum absolute atomic E-state index is 0.0437. The van der Waals surface area contributed by atoms with Gasteiger partial charge in [0.05, 0.1) is 5.52 Å². The van der Waals surface area contributed by atoms with E-state index < -0.39 is 11.3 Å². The summed E-state index contributed by atoms with van der Waals surface area (Å²) in [4.78, 5) is 12.1. The van der Waals surface area contributed by atoms with Gasteiger partial charge in [0.15, 0.2) is 5.75 Å². The van der Waals surface area contributed by atoms with E-state index >= 15 is 0 Å². The number of aryl methyl sites for hydroxylation is 1. The number of phenols is 1. The Morgan fingerprint density at radius 2 is 1.82 bits per heavy atom. The van der Waals surface area contributed by atoms with Gasteiger partial charge < -0.3 is 19.5 Å². The van der Waals surface area contributed by atoms with Gasteiger partial charge in [0.1, 0.15) is 12.4 Å². The predicted octanol–water partition coefficient (Wildman–Crippen LogP) is 2.53. The number of benzene rings is 2. The Bertz CT molecular complexity index is 885. The molecule has 22 heavy (non-hydrogen) atoms. The monoisotopic (exact) mass is 297 g/mol. The summed E-state index contributed by atoms with van der Waals surface area (Å²) in [7, 11) is 1.53. The van der Waals surface area contributed by atoms with Crippen LogP contribution < -0.4 is 10.3 Å². The molecule has 0 saturated carbocycles. The standard InChI is InChI=1S/C17H15NO4/c1-18-14-9-12(19)7-8-13(14)16(15(20)17(18)21)22-10-11-5-3-2-4-6-11/h2-9,19-20H,10H2,1H3. The van der Waals surface area contributed by atoms with Crippen LogP contribution in [0.3, 0.4) is 0 Å². The highest BCUT2D eigenvalue weighted by atomic mass is 16.5. The van der Waals surface area contributed by atoms with Crippen LogP contribution in [0.25, 0.3) is 10.9 Å². The maximum Gasteiger partial charge on any atom is 0.296 e. The molecular weight excluding hydrogens is 282 g/mol. The molecule has 5 heteroatoms. The fraction of sp³-hybridized carbons (Fsp3) is 0.118. The highest BCUT2D eigenvalue weighted by Gasteiger charge is 2.16. The van der Waals surface area contributed by atoms with E-state index in [2.05, 4.69) is 0 Å². The van der Waals surface area contributed by atoms with E-state index in [1.807, 2.05) is 30.3 Å². The van der Waals surface area contributed by atoms with Crippen LogP contribution in [0, 0.1) is 0 Å². The third kappa shape index (κ3) is 2.37. The Morgan fingerprint density at radius 1 is 1.09 bits per heavy atom.